The molecular weight excluding hydrogens is 232 g/mol. The van der Waals surface area contributed by atoms with Gasteiger partial charge in [-0.2, -0.15) is 0 Å². The first-order valence-corrected chi connectivity index (χ1v) is 7.72. The van der Waals surface area contributed by atoms with Gasteiger partial charge in [-0.15, -0.1) is 0 Å². The Morgan fingerprint density at radius 1 is 1.32 bits per heavy atom. The molecule has 1 N–H and O–H groups in total. The van der Waals surface area contributed by atoms with Crippen LogP contribution >= 0.6 is 0 Å². The summed E-state index contributed by atoms with van der Waals surface area (Å²) in [6, 6.07) is 7.42. The topological polar surface area (TPSA) is 15.3 Å². The maximum absolute atomic E-state index is 3.54. The molecule has 2 heteroatoms. The first-order chi connectivity index (χ1) is 9.22. The molecule has 0 amide bonds. The largest absolute Gasteiger partial charge is 0.315 e. The summed E-state index contributed by atoms with van der Waals surface area (Å²) in [6.45, 7) is 11.4. The van der Waals surface area contributed by atoms with Crippen molar-refractivity contribution in [3.05, 3.63) is 34.9 Å². The number of nitrogens with one attached hydrogen (secondary N) is 1. The van der Waals surface area contributed by atoms with Crippen LogP contribution in [0.3, 0.4) is 0 Å². The summed E-state index contributed by atoms with van der Waals surface area (Å²) in [7, 11) is 0. The van der Waals surface area contributed by atoms with Crippen LogP contribution in [0.1, 0.15) is 42.9 Å². The van der Waals surface area contributed by atoms with Crippen LogP contribution < -0.4 is 5.32 Å². The predicted molar refractivity (Wildman–Crippen MR) is 82.5 cm³/mol. The van der Waals surface area contributed by atoms with E-state index in [1.54, 1.807) is 0 Å². The maximum atomic E-state index is 3.54. The van der Waals surface area contributed by atoms with Crippen molar-refractivity contribution in [2.75, 3.05) is 19.6 Å². The summed E-state index contributed by atoms with van der Waals surface area (Å²) in [4.78, 5) is 2.67. The average molecular weight is 260 g/mol. The summed E-state index contributed by atoms with van der Waals surface area (Å²) >= 11 is 0. The minimum atomic E-state index is 0.716. The molecule has 0 saturated carbocycles. The van der Waals surface area contributed by atoms with Gasteiger partial charge in [0.1, 0.15) is 0 Å². The van der Waals surface area contributed by atoms with Crippen LogP contribution in [-0.4, -0.2) is 30.6 Å². The molecule has 106 valence electrons. The molecule has 1 unspecified atom stereocenters. The fourth-order valence-corrected chi connectivity index (χ4v) is 3.02. The highest BCUT2D eigenvalue weighted by Crippen LogP contribution is 2.19. The van der Waals surface area contributed by atoms with Gasteiger partial charge in [0, 0.05) is 19.1 Å². The highest BCUT2D eigenvalue weighted by molar-refractivity contribution is 5.33. The van der Waals surface area contributed by atoms with E-state index in [1.807, 2.05) is 0 Å². The molecule has 1 aromatic rings. The van der Waals surface area contributed by atoms with Crippen LogP contribution in [0.25, 0.3) is 0 Å². The number of rotatable bonds is 5. The summed E-state index contributed by atoms with van der Waals surface area (Å²) in [5.41, 5.74) is 4.38. The SMILES string of the molecule is CCCN(Cc1cccc(C)c1C)C1CCCNC1. The summed E-state index contributed by atoms with van der Waals surface area (Å²) < 4.78 is 0. The number of nitrogens with zero attached hydrogens (tertiary/aromatic N) is 1. The molecule has 1 atom stereocenters. The minimum absolute atomic E-state index is 0.716. The Morgan fingerprint density at radius 2 is 2.16 bits per heavy atom. The van der Waals surface area contributed by atoms with E-state index >= 15 is 0 Å². The van der Waals surface area contributed by atoms with Crippen molar-refractivity contribution in [1.29, 1.82) is 0 Å². The third kappa shape index (κ3) is 3.80. The van der Waals surface area contributed by atoms with E-state index in [4.69, 9.17) is 0 Å². The fraction of sp³-hybridized carbons (Fsp3) is 0.647. The van der Waals surface area contributed by atoms with Gasteiger partial charge < -0.3 is 5.32 Å². The molecule has 0 spiro atoms. The van der Waals surface area contributed by atoms with E-state index in [0.717, 1.165) is 13.1 Å². The third-order valence-corrected chi connectivity index (χ3v) is 4.39. The van der Waals surface area contributed by atoms with Gasteiger partial charge in [-0.3, -0.25) is 4.90 Å². The lowest BCUT2D eigenvalue weighted by molar-refractivity contribution is 0.157. The molecular formula is C17H28N2. The van der Waals surface area contributed by atoms with Crippen molar-refractivity contribution in [3.8, 4) is 0 Å². The smallest absolute Gasteiger partial charge is 0.0239 e. The minimum Gasteiger partial charge on any atom is -0.315 e. The monoisotopic (exact) mass is 260 g/mol. The van der Waals surface area contributed by atoms with E-state index < -0.39 is 0 Å². The molecule has 0 aliphatic carbocycles. The second-order valence-electron chi connectivity index (χ2n) is 5.83. The predicted octanol–water partition coefficient (Wildman–Crippen LogP) is 3.27. The average Bonchev–Trinajstić information content (AvgIpc) is 2.44. The fourth-order valence-electron chi connectivity index (χ4n) is 3.02. The standard InChI is InChI=1S/C17H28N2/c1-4-11-19(17-9-6-10-18-12-17)13-16-8-5-7-14(2)15(16)3/h5,7-8,17-18H,4,6,9-13H2,1-3H3. The van der Waals surface area contributed by atoms with Crippen molar-refractivity contribution in [1.82, 2.24) is 10.2 Å². The van der Waals surface area contributed by atoms with Gasteiger partial charge in [-0.25, -0.2) is 0 Å². The van der Waals surface area contributed by atoms with Gasteiger partial charge in [0.25, 0.3) is 0 Å². The summed E-state index contributed by atoms with van der Waals surface area (Å²) in [5, 5.41) is 3.54. The Morgan fingerprint density at radius 3 is 2.84 bits per heavy atom. The first-order valence-electron chi connectivity index (χ1n) is 7.72. The van der Waals surface area contributed by atoms with E-state index in [2.05, 4.69) is 49.2 Å². The van der Waals surface area contributed by atoms with E-state index in [9.17, 15) is 0 Å². The molecule has 1 saturated heterocycles. The molecule has 1 fully saturated rings. The first kappa shape index (κ1) is 14.5. The molecule has 2 nitrogen and oxygen atoms in total. The quantitative estimate of drug-likeness (QED) is 0.874. The Balaban J connectivity index is 2.08. The lowest BCUT2D eigenvalue weighted by Crippen LogP contribution is -2.46. The summed E-state index contributed by atoms with van der Waals surface area (Å²) in [6.07, 6.45) is 3.90. The highest BCUT2D eigenvalue weighted by atomic mass is 15.2. The Hall–Kier alpha value is -0.860. The van der Waals surface area contributed by atoms with Crippen molar-refractivity contribution in [3.63, 3.8) is 0 Å². The van der Waals surface area contributed by atoms with Crippen LogP contribution in [0.2, 0.25) is 0 Å². The molecule has 1 heterocycles. The Labute approximate surface area is 118 Å². The molecule has 1 aliphatic heterocycles. The molecule has 1 aromatic carbocycles. The zero-order chi connectivity index (χ0) is 13.7. The number of aryl methyl sites for hydroxylation is 1. The van der Waals surface area contributed by atoms with Gasteiger partial charge in [-0.05, 0) is 62.9 Å². The van der Waals surface area contributed by atoms with Crippen LogP contribution in [0.15, 0.2) is 18.2 Å². The molecule has 0 radical (unpaired) electrons. The van der Waals surface area contributed by atoms with Crippen LogP contribution in [-0.2, 0) is 6.54 Å². The van der Waals surface area contributed by atoms with E-state index in [1.165, 1.54) is 49.0 Å². The van der Waals surface area contributed by atoms with Crippen LogP contribution in [0.5, 0.6) is 0 Å². The van der Waals surface area contributed by atoms with Crippen LogP contribution in [0.4, 0.5) is 0 Å². The molecule has 0 aromatic heterocycles. The number of hydrogen-bond donors (Lipinski definition) is 1. The van der Waals surface area contributed by atoms with E-state index in [0.29, 0.717) is 6.04 Å². The van der Waals surface area contributed by atoms with Crippen LogP contribution in [0, 0.1) is 13.8 Å². The second-order valence-corrected chi connectivity index (χ2v) is 5.83. The molecule has 2 rings (SSSR count). The molecule has 1 aliphatic rings. The second kappa shape index (κ2) is 7.06. The normalized spacial score (nSPS) is 19.9. The lowest BCUT2D eigenvalue weighted by Gasteiger charge is -2.35. The van der Waals surface area contributed by atoms with Gasteiger partial charge in [0.05, 0.1) is 0 Å². The van der Waals surface area contributed by atoms with Gasteiger partial charge in [0.15, 0.2) is 0 Å². The van der Waals surface area contributed by atoms with Crippen molar-refractivity contribution >= 4 is 0 Å². The van der Waals surface area contributed by atoms with Gasteiger partial charge >= 0.3 is 0 Å². The highest BCUT2D eigenvalue weighted by Gasteiger charge is 2.20. The number of benzene rings is 1. The van der Waals surface area contributed by atoms with Crippen molar-refractivity contribution < 1.29 is 0 Å². The summed E-state index contributed by atoms with van der Waals surface area (Å²) in [5.74, 6) is 0. The number of piperidine rings is 1. The Bertz CT molecular complexity index is 394. The van der Waals surface area contributed by atoms with Gasteiger partial charge in [0.2, 0.25) is 0 Å². The van der Waals surface area contributed by atoms with E-state index in [-0.39, 0.29) is 0 Å². The lowest BCUT2D eigenvalue weighted by atomic mass is 10.0. The van der Waals surface area contributed by atoms with Crippen molar-refractivity contribution in [2.45, 2.75) is 52.6 Å². The zero-order valence-electron chi connectivity index (χ0n) is 12.7. The number of hydrogen-bond acceptors (Lipinski definition) is 2. The third-order valence-electron chi connectivity index (χ3n) is 4.39. The maximum Gasteiger partial charge on any atom is 0.0239 e. The zero-order valence-corrected chi connectivity index (χ0v) is 12.7. The van der Waals surface area contributed by atoms with Gasteiger partial charge in [-0.1, -0.05) is 25.1 Å². The van der Waals surface area contributed by atoms with Crippen molar-refractivity contribution in [2.24, 2.45) is 0 Å². The molecule has 19 heavy (non-hydrogen) atoms. The Kier molecular flexibility index (Phi) is 5.41. The molecule has 0 bridgehead atoms.